The van der Waals surface area contributed by atoms with Crippen LogP contribution in [0.4, 0.5) is 5.69 Å². The molecule has 2 aromatic rings. The topological polar surface area (TPSA) is 60.7 Å². The molecule has 0 radical (unpaired) electrons. The average molecular weight is 390 g/mol. The first-order valence-corrected chi connectivity index (χ1v) is 10.2. The smallest absolute Gasteiger partial charge is 0.142 e. The highest BCUT2D eigenvalue weighted by atomic mass is 35.5. The average Bonchev–Trinajstić information content (AvgIpc) is 3.02. The Morgan fingerprint density at radius 2 is 2.07 bits per heavy atom. The van der Waals surface area contributed by atoms with Gasteiger partial charge < -0.3 is 20.2 Å². The third-order valence-corrected chi connectivity index (χ3v) is 6.08. The lowest BCUT2D eigenvalue weighted by atomic mass is 9.74. The van der Waals surface area contributed by atoms with E-state index in [1.54, 1.807) is 0 Å². The van der Waals surface area contributed by atoms with Gasteiger partial charge in [0.25, 0.3) is 0 Å². The van der Waals surface area contributed by atoms with Crippen LogP contribution in [0.25, 0.3) is 11.0 Å². The van der Waals surface area contributed by atoms with Gasteiger partial charge in [-0.2, -0.15) is 0 Å². The number of nitrogens with one attached hydrogen (secondary N) is 2. The van der Waals surface area contributed by atoms with Crippen LogP contribution >= 0.6 is 11.6 Å². The van der Waals surface area contributed by atoms with Crippen LogP contribution in [0.5, 0.6) is 0 Å². The van der Waals surface area contributed by atoms with E-state index in [1.807, 2.05) is 13.1 Å². The maximum atomic E-state index is 9.03. The molecule has 1 aliphatic carbocycles. The molecule has 1 saturated carbocycles. The van der Waals surface area contributed by atoms with E-state index in [0.29, 0.717) is 11.6 Å². The standard InChI is InChI=1S/C21H28ClN3O2/c1-14-23-19-17(22)12-15-11-16(13-25(2)9-6-10-26)27-20(15)18(19)21(24-14)7-4-3-5-8-21/h11-12,23-24,26H,1,3-10,13H2,2H3. The molecule has 3 N–H and O–H groups in total. The molecule has 2 heterocycles. The summed E-state index contributed by atoms with van der Waals surface area (Å²) in [5, 5.41) is 17.8. The van der Waals surface area contributed by atoms with Gasteiger partial charge in [0.05, 0.1) is 28.6 Å². The van der Waals surface area contributed by atoms with E-state index < -0.39 is 0 Å². The Morgan fingerprint density at radius 1 is 1.30 bits per heavy atom. The van der Waals surface area contributed by atoms with Gasteiger partial charge in [-0.1, -0.05) is 37.4 Å². The minimum atomic E-state index is -0.156. The van der Waals surface area contributed by atoms with E-state index in [4.69, 9.17) is 21.1 Å². The third-order valence-electron chi connectivity index (χ3n) is 5.79. The number of hydrogen-bond acceptors (Lipinski definition) is 5. The van der Waals surface area contributed by atoms with Gasteiger partial charge in [-0.25, -0.2) is 0 Å². The molecule has 0 unspecified atom stereocenters. The van der Waals surface area contributed by atoms with E-state index in [-0.39, 0.29) is 12.1 Å². The van der Waals surface area contributed by atoms with Gasteiger partial charge in [0.1, 0.15) is 11.3 Å². The Hall–Kier alpha value is -1.69. The number of furan rings is 1. The van der Waals surface area contributed by atoms with Crippen LogP contribution in [0.15, 0.2) is 28.9 Å². The fourth-order valence-electron chi connectivity index (χ4n) is 4.61. The van der Waals surface area contributed by atoms with Crippen molar-refractivity contribution in [3.8, 4) is 0 Å². The minimum absolute atomic E-state index is 0.156. The van der Waals surface area contributed by atoms with E-state index in [2.05, 4.69) is 28.2 Å². The summed E-state index contributed by atoms with van der Waals surface area (Å²) >= 11 is 6.66. The molecule has 1 aliphatic heterocycles. The van der Waals surface area contributed by atoms with E-state index in [1.165, 1.54) is 19.3 Å². The molecule has 1 spiro atoms. The van der Waals surface area contributed by atoms with Crippen LogP contribution in [0.2, 0.25) is 5.02 Å². The lowest BCUT2D eigenvalue weighted by Crippen LogP contribution is -2.48. The largest absolute Gasteiger partial charge is 0.459 e. The first-order valence-electron chi connectivity index (χ1n) is 9.81. The van der Waals surface area contributed by atoms with Crippen LogP contribution in [0.3, 0.4) is 0 Å². The van der Waals surface area contributed by atoms with Crippen molar-refractivity contribution in [1.29, 1.82) is 0 Å². The second kappa shape index (κ2) is 7.38. The Balaban J connectivity index is 1.78. The normalized spacial score (nSPS) is 18.6. The number of anilines is 1. The summed E-state index contributed by atoms with van der Waals surface area (Å²) in [6.07, 6.45) is 6.51. The SMILES string of the molecule is C=C1Nc2c(Cl)cc3cc(CN(C)CCCO)oc3c2C2(CCCCC2)N1. The molecule has 0 bridgehead atoms. The molecule has 2 aliphatic rings. The zero-order chi connectivity index (χ0) is 19.0. The van der Waals surface area contributed by atoms with E-state index in [9.17, 15) is 0 Å². The molecular formula is C21H28ClN3O2. The molecule has 4 rings (SSSR count). The van der Waals surface area contributed by atoms with Crippen molar-refractivity contribution in [1.82, 2.24) is 10.2 Å². The number of rotatable bonds is 5. The zero-order valence-corrected chi connectivity index (χ0v) is 16.7. The summed E-state index contributed by atoms with van der Waals surface area (Å²) in [7, 11) is 2.04. The van der Waals surface area contributed by atoms with Crippen molar-refractivity contribution in [2.24, 2.45) is 0 Å². The fraction of sp³-hybridized carbons (Fsp3) is 0.524. The van der Waals surface area contributed by atoms with Crippen molar-refractivity contribution in [2.75, 3.05) is 25.5 Å². The molecule has 146 valence electrons. The predicted molar refractivity (Wildman–Crippen MR) is 110 cm³/mol. The number of fused-ring (bicyclic) bond motifs is 4. The van der Waals surface area contributed by atoms with Crippen molar-refractivity contribution < 1.29 is 9.52 Å². The number of hydrogen-bond donors (Lipinski definition) is 3. The summed E-state index contributed by atoms with van der Waals surface area (Å²) in [6, 6.07) is 4.08. The van der Waals surface area contributed by atoms with Gasteiger partial charge in [0.2, 0.25) is 0 Å². The Labute approximate surface area is 165 Å². The quantitative estimate of drug-likeness (QED) is 0.700. The van der Waals surface area contributed by atoms with Gasteiger partial charge in [-0.15, -0.1) is 0 Å². The number of halogens is 1. The Bertz CT molecular complexity index is 855. The summed E-state index contributed by atoms with van der Waals surface area (Å²) in [5.41, 5.74) is 2.86. The molecule has 1 fully saturated rings. The summed E-state index contributed by atoms with van der Waals surface area (Å²) in [6.45, 7) is 5.87. The van der Waals surface area contributed by atoms with Crippen LogP contribution in [0, 0.1) is 0 Å². The van der Waals surface area contributed by atoms with Gasteiger partial charge in [0.15, 0.2) is 0 Å². The predicted octanol–water partition coefficient (Wildman–Crippen LogP) is 4.55. The molecular weight excluding hydrogens is 362 g/mol. The fourth-order valence-corrected chi connectivity index (χ4v) is 4.87. The highest BCUT2D eigenvalue weighted by molar-refractivity contribution is 6.34. The number of nitrogens with zero attached hydrogens (tertiary/aromatic N) is 1. The van der Waals surface area contributed by atoms with E-state index in [0.717, 1.165) is 59.6 Å². The Morgan fingerprint density at radius 3 is 2.81 bits per heavy atom. The maximum Gasteiger partial charge on any atom is 0.142 e. The highest BCUT2D eigenvalue weighted by Crippen LogP contribution is 2.49. The van der Waals surface area contributed by atoms with Crippen LogP contribution in [-0.4, -0.2) is 30.2 Å². The van der Waals surface area contributed by atoms with E-state index >= 15 is 0 Å². The second-order valence-electron chi connectivity index (χ2n) is 7.93. The lowest BCUT2D eigenvalue weighted by molar-refractivity contribution is 0.235. The van der Waals surface area contributed by atoms with Crippen LogP contribution < -0.4 is 10.6 Å². The second-order valence-corrected chi connectivity index (χ2v) is 8.33. The Kier molecular flexibility index (Phi) is 5.10. The highest BCUT2D eigenvalue weighted by Gasteiger charge is 2.42. The number of aliphatic hydroxyl groups is 1. The van der Waals surface area contributed by atoms with Crippen molar-refractivity contribution in [3.63, 3.8) is 0 Å². The monoisotopic (exact) mass is 389 g/mol. The molecule has 0 amide bonds. The number of benzene rings is 1. The number of aliphatic hydroxyl groups excluding tert-OH is 1. The lowest BCUT2D eigenvalue weighted by Gasteiger charge is -2.44. The van der Waals surface area contributed by atoms with Crippen molar-refractivity contribution in [2.45, 2.75) is 50.6 Å². The molecule has 6 heteroatoms. The summed E-state index contributed by atoms with van der Waals surface area (Å²) < 4.78 is 6.36. The first-order chi connectivity index (χ1) is 13.0. The minimum Gasteiger partial charge on any atom is -0.459 e. The van der Waals surface area contributed by atoms with Crippen LogP contribution in [-0.2, 0) is 12.1 Å². The zero-order valence-electron chi connectivity index (χ0n) is 15.9. The maximum absolute atomic E-state index is 9.03. The molecule has 0 saturated heterocycles. The first kappa shape index (κ1) is 18.7. The molecule has 1 aromatic heterocycles. The third kappa shape index (κ3) is 3.44. The van der Waals surface area contributed by atoms with Crippen molar-refractivity contribution >= 4 is 28.3 Å². The summed E-state index contributed by atoms with van der Waals surface area (Å²) in [5.74, 6) is 1.73. The van der Waals surface area contributed by atoms with Gasteiger partial charge in [-0.3, -0.25) is 4.90 Å². The molecule has 27 heavy (non-hydrogen) atoms. The summed E-state index contributed by atoms with van der Waals surface area (Å²) in [4.78, 5) is 2.16. The van der Waals surface area contributed by atoms with Crippen molar-refractivity contribution in [3.05, 3.63) is 40.9 Å². The van der Waals surface area contributed by atoms with Gasteiger partial charge in [-0.05, 0) is 38.4 Å². The van der Waals surface area contributed by atoms with Crippen LogP contribution in [0.1, 0.15) is 49.8 Å². The van der Waals surface area contributed by atoms with Gasteiger partial charge >= 0.3 is 0 Å². The van der Waals surface area contributed by atoms with Gasteiger partial charge in [0, 0.05) is 24.1 Å². The molecule has 5 nitrogen and oxygen atoms in total. The molecule has 1 aromatic carbocycles. The molecule has 0 atom stereocenters.